The van der Waals surface area contributed by atoms with Crippen LogP contribution in [0.5, 0.6) is 0 Å². The van der Waals surface area contributed by atoms with E-state index < -0.39 is 5.41 Å². The van der Waals surface area contributed by atoms with Crippen LogP contribution in [0.1, 0.15) is 95.6 Å². The molecule has 40 heavy (non-hydrogen) atoms. The Labute approximate surface area is 241 Å². The number of carbonyl (C=O) groups is 1. The molecule has 0 spiro atoms. The fourth-order valence-corrected chi connectivity index (χ4v) is 7.90. The van der Waals surface area contributed by atoms with Gasteiger partial charge in [-0.1, -0.05) is 80.9 Å². The van der Waals surface area contributed by atoms with Gasteiger partial charge in [0.25, 0.3) is 0 Å². The summed E-state index contributed by atoms with van der Waals surface area (Å²) in [5.74, 6) is 1.09. The van der Waals surface area contributed by atoms with Crippen molar-refractivity contribution in [2.45, 2.75) is 114 Å². The van der Waals surface area contributed by atoms with E-state index in [-0.39, 0.29) is 18.1 Å². The van der Waals surface area contributed by atoms with Gasteiger partial charge in [0, 0.05) is 18.1 Å². The van der Waals surface area contributed by atoms with Crippen molar-refractivity contribution in [1.82, 2.24) is 15.5 Å². The number of hydrogen-bond donors (Lipinski definition) is 2. The molecule has 2 aromatic rings. The lowest BCUT2D eigenvalue weighted by molar-refractivity contribution is 0.124. The highest BCUT2D eigenvalue weighted by atomic mass is 16.2. The molecule has 2 saturated heterocycles. The first-order valence-electron chi connectivity index (χ1n) is 15.8. The maximum absolute atomic E-state index is 13.5. The molecule has 5 nitrogen and oxygen atoms in total. The summed E-state index contributed by atoms with van der Waals surface area (Å²) in [6.45, 7) is 5.58. The summed E-state index contributed by atoms with van der Waals surface area (Å²) in [5.41, 5.74) is 0.852. The monoisotopic (exact) mass is 540 g/mol. The second-order valence-electron chi connectivity index (χ2n) is 13.0. The van der Waals surface area contributed by atoms with Crippen LogP contribution in [0.25, 0.3) is 0 Å². The van der Waals surface area contributed by atoms with Crippen LogP contribution in [0.3, 0.4) is 0 Å². The molecule has 0 radical (unpaired) electrons. The predicted octanol–water partition coefficient (Wildman–Crippen LogP) is 7.18. The Morgan fingerprint density at radius 1 is 0.900 bits per heavy atom. The number of carbonyl (C=O) groups excluding carboxylic acids is 1. The first-order valence-corrected chi connectivity index (χ1v) is 15.8. The van der Waals surface area contributed by atoms with Crippen LogP contribution in [0.15, 0.2) is 60.7 Å². The molecule has 3 atom stereocenters. The zero-order valence-corrected chi connectivity index (χ0v) is 24.5. The van der Waals surface area contributed by atoms with Crippen molar-refractivity contribution in [2.75, 3.05) is 6.54 Å². The number of amides is 2. The molecule has 3 aliphatic rings. The summed E-state index contributed by atoms with van der Waals surface area (Å²) in [5, 5.41) is 17.4. The first-order chi connectivity index (χ1) is 19.5. The zero-order chi connectivity index (χ0) is 28.0. The van der Waals surface area contributed by atoms with E-state index in [1.54, 1.807) is 0 Å². The van der Waals surface area contributed by atoms with Gasteiger partial charge in [-0.15, -0.1) is 0 Å². The van der Waals surface area contributed by atoms with E-state index in [1.807, 2.05) is 60.7 Å². The van der Waals surface area contributed by atoms with Crippen molar-refractivity contribution in [3.05, 3.63) is 71.8 Å². The van der Waals surface area contributed by atoms with Crippen molar-refractivity contribution in [3.8, 4) is 6.07 Å². The van der Waals surface area contributed by atoms with Gasteiger partial charge in [-0.3, -0.25) is 4.90 Å². The van der Waals surface area contributed by atoms with Crippen LogP contribution in [0, 0.1) is 23.2 Å². The fraction of sp³-hybridized carbons (Fsp3) is 0.600. The van der Waals surface area contributed by atoms with E-state index in [0.717, 1.165) is 42.0 Å². The first kappa shape index (κ1) is 28.7. The molecular weight excluding hydrogens is 492 g/mol. The number of hydrogen-bond acceptors (Lipinski definition) is 3. The molecule has 2 aromatic carbocycles. The summed E-state index contributed by atoms with van der Waals surface area (Å²) in [4.78, 5) is 16.3. The highest BCUT2D eigenvalue weighted by molar-refractivity contribution is 5.75. The van der Waals surface area contributed by atoms with E-state index in [4.69, 9.17) is 0 Å². The van der Waals surface area contributed by atoms with Crippen LogP contribution >= 0.6 is 0 Å². The van der Waals surface area contributed by atoms with Crippen LogP contribution in [0.4, 0.5) is 4.79 Å². The van der Waals surface area contributed by atoms with Gasteiger partial charge in [0.15, 0.2) is 0 Å². The van der Waals surface area contributed by atoms with Crippen molar-refractivity contribution in [3.63, 3.8) is 0 Å². The van der Waals surface area contributed by atoms with E-state index >= 15 is 0 Å². The molecule has 2 N–H and O–H groups in total. The third-order valence-electron chi connectivity index (χ3n) is 9.99. The van der Waals surface area contributed by atoms with Gasteiger partial charge < -0.3 is 10.6 Å². The highest BCUT2D eigenvalue weighted by Gasteiger charge is 2.44. The van der Waals surface area contributed by atoms with Crippen molar-refractivity contribution in [2.24, 2.45) is 11.8 Å². The molecule has 1 aliphatic carbocycles. The lowest BCUT2D eigenvalue weighted by Crippen LogP contribution is -2.55. The number of nitriles is 1. The quantitative estimate of drug-likeness (QED) is 0.335. The molecule has 214 valence electrons. The highest BCUT2D eigenvalue weighted by Crippen LogP contribution is 2.39. The van der Waals surface area contributed by atoms with Gasteiger partial charge in [-0.25, -0.2) is 4.79 Å². The fourth-order valence-electron chi connectivity index (χ4n) is 7.90. The Bertz CT molecular complexity index is 1060. The Morgan fingerprint density at radius 2 is 1.48 bits per heavy atom. The van der Waals surface area contributed by atoms with Crippen LogP contribution in [-0.4, -0.2) is 41.6 Å². The smallest absolute Gasteiger partial charge is 0.315 e. The number of benzene rings is 2. The Morgan fingerprint density at radius 3 is 2.00 bits per heavy atom. The van der Waals surface area contributed by atoms with Crippen LogP contribution in [-0.2, 0) is 5.41 Å². The molecule has 2 bridgehead atoms. The van der Waals surface area contributed by atoms with E-state index in [0.29, 0.717) is 12.3 Å². The largest absolute Gasteiger partial charge is 0.335 e. The van der Waals surface area contributed by atoms with Crippen LogP contribution in [0.2, 0.25) is 0 Å². The Balaban J connectivity index is 1.21. The summed E-state index contributed by atoms with van der Waals surface area (Å²) < 4.78 is 0. The molecule has 0 aromatic heterocycles. The molecule has 2 aliphatic heterocycles. The minimum atomic E-state index is -0.977. The van der Waals surface area contributed by atoms with E-state index in [1.165, 1.54) is 57.9 Å². The van der Waals surface area contributed by atoms with Gasteiger partial charge in [0.2, 0.25) is 0 Å². The second-order valence-corrected chi connectivity index (χ2v) is 13.0. The average Bonchev–Trinajstić information content (AvgIpc) is 3.19. The standard InChI is InChI=1S/C35H48N4O/c1-26(2)24-33(35(25-36,28-10-5-3-6-11-28)29-12-7-4-8-13-29)38-34(40)37-30-18-16-27(17-19-30)22-23-39-31-14-9-15-32(39)21-20-31/h3-8,10-13,26-27,30-33H,9,14-24H2,1-2H3,(H2,37,38,40)/t27?,30?,31?,32?,33-/m0/s1. The maximum atomic E-state index is 13.5. The van der Waals surface area contributed by atoms with Gasteiger partial charge in [-0.05, 0) is 93.7 Å². The Kier molecular flexibility index (Phi) is 9.48. The average molecular weight is 541 g/mol. The summed E-state index contributed by atoms with van der Waals surface area (Å²) in [6.07, 6.45) is 13.5. The number of rotatable bonds is 10. The summed E-state index contributed by atoms with van der Waals surface area (Å²) in [6, 6.07) is 24.0. The van der Waals surface area contributed by atoms with Gasteiger partial charge in [0.1, 0.15) is 5.41 Å². The molecule has 2 unspecified atom stereocenters. The third kappa shape index (κ3) is 6.39. The van der Waals surface area contributed by atoms with Crippen molar-refractivity contribution >= 4 is 6.03 Å². The number of piperidine rings is 1. The minimum Gasteiger partial charge on any atom is -0.335 e. The molecule has 1 saturated carbocycles. The van der Waals surface area contributed by atoms with Crippen LogP contribution < -0.4 is 10.6 Å². The van der Waals surface area contributed by atoms with Gasteiger partial charge in [0.05, 0.1) is 12.1 Å². The maximum Gasteiger partial charge on any atom is 0.315 e. The normalized spacial score (nSPS) is 25.8. The summed E-state index contributed by atoms with van der Waals surface area (Å²) in [7, 11) is 0. The van der Waals surface area contributed by atoms with Crippen molar-refractivity contribution in [1.29, 1.82) is 5.26 Å². The number of nitrogens with one attached hydrogen (secondary N) is 2. The number of urea groups is 1. The molecular formula is C35H48N4O. The molecule has 5 heteroatoms. The van der Waals surface area contributed by atoms with E-state index in [9.17, 15) is 10.1 Å². The van der Waals surface area contributed by atoms with E-state index in [2.05, 4.69) is 35.5 Å². The molecule has 5 rings (SSSR count). The second kappa shape index (κ2) is 13.2. The van der Waals surface area contributed by atoms with Gasteiger partial charge in [-0.2, -0.15) is 5.26 Å². The predicted molar refractivity (Wildman–Crippen MR) is 162 cm³/mol. The molecule has 3 fully saturated rings. The number of nitrogens with zero attached hydrogens (tertiary/aromatic N) is 2. The SMILES string of the molecule is CC(C)C[C@H](NC(=O)NC1CCC(CCN2C3CCCC2CC3)CC1)C(C#N)(c1ccccc1)c1ccccc1. The zero-order valence-electron chi connectivity index (χ0n) is 24.5. The topological polar surface area (TPSA) is 68.2 Å². The minimum absolute atomic E-state index is 0.148. The summed E-state index contributed by atoms with van der Waals surface area (Å²) >= 11 is 0. The third-order valence-corrected chi connectivity index (χ3v) is 9.99. The lowest BCUT2D eigenvalue weighted by atomic mass is 9.68. The Hall–Kier alpha value is -2.84. The van der Waals surface area contributed by atoms with Crippen molar-refractivity contribution < 1.29 is 4.79 Å². The number of fused-ring (bicyclic) bond motifs is 2. The van der Waals surface area contributed by atoms with Gasteiger partial charge >= 0.3 is 6.03 Å². The molecule has 2 amide bonds. The molecule has 2 heterocycles. The lowest BCUT2D eigenvalue weighted by Gasteiger charge is -2.38.